The number of carbonyl (C=O) groups excluding carboxylic acids is 3. The maximum Gasteiger partial charge on any atom is 0.311 e. The largest absolute Gasteiger partial charge is 0.457 e. The van der Waals surface area contributed by atoms with Gasteiger partial charge in [0.15, 0.2) is 12.4 Å². The number of anilines is 1. The lowest BCUT2D eigenvalue weighted by Crippen LogP contribution is -2.27. The molecule has 0 aromatic heterocycles. The predicted molar refractivity (Wildman–Crippen MR) is 88.6 cm³/mol. The molecule has 1 atom stereocenters. The van der Waals surface area contributed by atoms with Crippen LogP contribution in [-0.4, -0.2) is 30.8 Å². The van der Waals surface area contributed by atoms with Crippen LogP contribution in [0.5, 0.6) is 0 Å². The maximum absolute atomic E-state index is 13.0. The molecule has 0 bridgehead atoms. The van der Waals surface area contributed by atoms with Crippen LogP contribution in [0.25, 0.3) is 0 Å². The summed E-state index contributed by atoms with van der Waals surface area (Å²) in [5.74, 6) is -2.15. The second kappa shape index (κ2) is 7.25. The second-order valence-electron chi connectivity index (χ2n) is 5.78. The Morgan fingerprint density at radius 2 is 1.76 bits per heavy atom. The summed E-state index contributed by atoms with van der Waals surface area (Å²) in [6, 6.07) is 14.0. The Morgan fingerprint density at radius 3 is 2.44 bits per heavy atom. The molecule has 0 N–H and O–H groups in total. The standard InChI is InChI=1S/C19H16FNO4/c20-15-6-8-16(9-7-15)21-11-14(10-18(21)23)19(24)25-12-17(22)13-4-2-1-3-5-13/h1-9,14H,10-12H2/t14-/m0/s1. The van der Waals surface area contributed by atoms with Crippen LogP contribution in [-0.2, 0) is 14.3 Å². The molecular weight excluding hydrogens is 325 g/mol. The average molecular weight is 341 g/mol. The van der Waals surface area contributed by atoms with Crippen LogP contribution in [0.4, 0.5) is 10.1 Å². The van der Waals surface area contributed by atoms with Gasteiger partial charge in [-0.25, -0.2) is 4.39 Å². The van der Waals surface area contributed by atoms with Crippen molar-refractivity contribution < 1.29 is 23.5 Å². The Hall–Kier alpha value is -3.02. The highest BCUT2D eigenvalue weighted by molar-refractivity contribution is 6.00. The van der Waals surface area contributed by atoms with Gasteiger partial charge in [0.05, 0.1) is 5.92 Å². The van der Waals surface area contributed by atoms with Crippen molar-refractivity contribution in [3.05, 3.63) is 66.0 Å². The van der Waals surface area contributed by atoms with Crippen molar-refractivity contribution in [3.8, 4) is 0 Å². The van der Waals surface area contributed by atoms with Crippen LogP contribution in [0.3, 0.4) is 0 Å². The van der Waals surface area contributed by atoms with E-state index in [-0.39, 0.29) is 31.3 Å². The van der Waals surface area contributed by atoms with Crippen molar-refractivity contribution in [2.24, 2.45) is 5.92 Å². The topological polar surface area (TPSA) is 63.7 Å². The Balaban J connectivity index is 1.57. The van der Waals surface area contributed by atoms with Crippen molar-refractivity contribution in [1.82, 2.24) is 0 Å². The number of ether oxygens (including phenoxy) is 1. The number of amides is 1. The molecule has 0 spiro atoms. The molecule has 0 aliphatic carbocycles. The van der Waals surface area contributed by atoms with E-state index < -0.39 is 17.7 Å². The van der Waals surface area contributed by atoms with E-state index in [1.165, 1.54) is 29.2 Å². The molecule has 128 valence electrons. The second-order valence-corrected chi connectivity index (χ2v) is 5.78. The van der Waals surface area contributed by atoms with Crippen LogP contribution in [0.15, 0.2) is 54.6 Å². The van der Waals surface area contributed by atoms with Crippen LogP contribution in [0, 0.1) is 11.7 Å². The molecule has 0 unspecified atom stereocenters. The molecule has 1 aliphatic rings. The third kappa shape index (κ3) is 3.91. The lowest BCUT2D eigenvalue weighted by atomic mass is 10.1. The molecule has 0 radical (unpaired) electrons. The summed E-state index contributed by atoms with van der Waals surface area (Å²) in [6.45, 7) is -0.201. The highest BCUT2D eigenvalue weighted by atomic mass is 19.1. The third-order valence-electron chi connectivity index (χ3n) is 4.04. The van der Waals surface area contributed by atoms with Gasteiger partial charge in [0.25, 0.3) is 0 Å². The number of benzene rings is 2. The molecule has 1 fully saturated rings. The number of esters is 1. The molecule has 0 saturated carbocycles. The summed E-state index contributed by atoms with van der Waals surface area (Å²) in [6.07, 6.45) is 0.00966. The van der Waals surface area contributed by atoms with E-state index in [0.717, 1.165) is 0 Å². The molecule has 1 heterocycles. The SMILES string of the molecule is O=C(COC(=O)[C@H]1CC(=O)N(c2ccc(F)cc2)C1)c1ccccc1. The van der Waals surface area contributed by atoms with Crippen LogP contribution >= 0.6 is 0 Å². The Labute approximate surface area is 144 Å². The monoisotopic (exact) mass is 341 g/mol. The molecule has 2 aromatic carbocycles. The first kappa shape index (κ1) is 16.8. The van der Waals surface area contributed by atoms with Crippen LogP contribution in [0.2, 0.25) is 0 Å². The van der Waals surface area contributed by atoms with E-state index in [0.29, 0.717) is 11.3 Å². The molecule has 1 saturated heterocycles. The third-order valence-corrected chi connectivity index (χ3v) is 4.04. The summed E-state index contributed by atoms with van der Waals surface area (Å²) >= 11 is 0. The lowest BCUT2D eigenvalue weighted by Gasteiger charge is -2.16. The van der Waals surface area contributed by atoms with Gasteiger partial charge in [-0.1, -0.05) is 30.3 Å². The normalized spacial score (nSPS) is 16.8. The summed E-state index contributed by atoms with van der Waals surface area (Å²) in [4.78, 5) is 37.6. The van der Waals surface area contributed by atoms with Crippen molar-refractivity contribution in [2.75, 3.05) is 18.1 Å². The molecule has 2 aromatic rings. The van der Waals surface area contributed by atoms with E-state index in [2.05, 4.69) is 0 Å². The minimum Gasteiger partial charge on any atom is -0.457 e. The first-order valence-corrected chi connectivity index (χ1v) is 7.85. The molecule has 6 heteroatoms. The zero-order valence-electron chi connectivity index (χ0n) is 13.4. The zero-order chi connectivity index (χ0) is 17.8. The van der Waals surface area contributed by atoms with Crippen LogP contribution in [0.1, 0.15) is 16.8 Å². The van der Waals surface area contributed by atoms with E-state index in [9.17, 15) is 18.8 Å². The smallest absolute Gasteiger partial charge is 0.311 e. The number of ketones is 1. The summed E-state index contributed by atoms with van der Waals surface area (Å²) < 4.78 is 18.0. The van der Waals surface area contributed by atoms with Gasteiger partial charge in [0, 0.05) is 24.2 Å². The quantitative estimate of drug-likeness (QED) is 0.619. The van der Waals surface area contributed by atoms with Gasteiger partial charge in [-0.15, -0.1) is 0 Å². The molecule has 25 heavy (non-hydrogen) atoms. The average Bonchev–Trinajstić information content (AvgIpc) is 3.02. The first-order valence-electron chi connectivity index (χ1n) is 7.85. The minimum absolute atomic E-state index is 0.00966. The Bertz CT molecular complexity index is 789. The number of hydrogen-bond donors (Lipinski definition) is 0. The van der Waals surface area contributed by atoms with Gasteiger partial charge < -0.3 is 9.64 Å². The number of halogens is 1. The van der Waals surface area contributed by atoms with Gasteiger partial charge >= 0.3 is 5.97 Å². The summed E-state index contributed by atoms with van der Waals surface area (Å²) in [7, 11) is 0. The molecular formula is C19H16FNO4. The van der Waals surface area contributed by atoms with Crippen molar-refractivity contribution in [3.63, 3.8) is 0 Å². The predicted octanol–water partition coefficient (Wildman–Crippen LogP) is 2.60. The molecule has 5 nitrogen and oxygen atoms in total. The van der Waals surface area contributed by atoms with Gasteiger partial charge in [-0.05, 0) is 24.3 Å². The van der Waals surface area contributed by atoms with Gasteiger partial charge in [0.1, 0.15) is 5.82 Å². The Kier molecular flexibility index (Phi) is 4.88. The number of carbonyl (C=O) groups is 3. The number of hydrogen-bond acceptors (Lipinski definition) is 4. The first-order chi connectivity index (χ1) is 12.0. The Morgan fingerprint density at radius 1 is 1.08 bits per heavy atom. The summed E-state index contributed by atoms with van der Waals surface area (Å²) in [5.41, 5.74) is 0.993. The van der Waals surface area contributed by atoms with E-state index in [1.807, 2.05) is 0 Å². The number of nitrogens with zero attached hydrogens (tertiary/aromatic N) is 1. The summed E-state index contributed by atoms with van der Waals surface area (Å²) in [5, 5.41) is 0. The molecule has 3 rings (SSSR count). The van der Waals surface area contributed by atoms with E-state index in [4.69, 9.17) is 4.74 Å². The number of rotatable bonds is 5. The zero-order valence-corrected chi connectivity index (χ0v) is 13.4. The van der Waals surface area contributed by atoms with Gasteiger partial charge in [0.2, 0.25) is 5.91 Å². The van der Waals surface area contributed by atoms with E-state index >= 15 is 0 Å². The van der Waals surface area contributed by atoms with Crippen molar-refractivity contribution in [1.29, 1.82) is 0 Å². The van der Waals surface area contributed by atoms with E-state index in [1.54, 1.807) is 30.3 Å². The fourth-order valence-electron chi connectivity index (χ4n) is 2.70. The van der Waals surface area contributed by atoms with Crippen LogP contribution < -0.4 is 4.90 Å². The maximum atomic E-state index is 13.0. The highest BCUT2D eigenvalue weighted by Gasteiger charge is 2.36. The minimum atomic E-state index is -0.638. The molecule has 1 aliphatic heterocycles. The van der Waals surface area contributed by atoms with Crippen molar-refractivity contribution >= 4 is 23.3 Å². The fourth-order valence-corrected chi connectivity index (χ4v) is 2.70. The fraction of sp³-hybridized carbons (Fsp3) is 0.211. The van der Waals surface area contributed by atoms with Gasteiger partial charge in [-0.3, -0.25) is 14.4 Å². The number of Topliss-reactive ketones (excluding diaryl/α,β-unsaturated/α-hetero) is 1. The highest BCUT2D eigenvalue weighted by Crippen LogP contribution is 2.26. The lowest BCUT2D eigenvalue weighted by molar-refractivity contribution is -0.147. The van der Waals surface area contributed by atoms with Gasteiger partial charge in [-0.2, -0.15) is 0 Å². The molecule has 1 amide bonds. The van der Waals surface area contributed by atoms with Crippen molar-refractivity contribution in [2.45, 2.75) is 6.42 Å².